The average molecular weight is 313 g/mol. The van der Waals surface area contributed by atoms with Crippen molar-refractivity contribution in [2.24, 2.45) is 0 Å². The number of aliphatic hydroxyl groups is 1. The Labute approximate surface area is 113 Å². The summed E-state index contributed by atoms with van der Waals surface area (Å²) in [5, 5.41) is 10.7. The van der Waals surface area contributed by atoms with E-state index < -0.39 is 6.10 Å². The normalized spacial score (nSPS) is 12.4. The summed E-state index contributed by atoms with van der Waals surface area (Å²) < 4.78 is 0.827. The SMILES string of the molecule is OC(Cc1ccccn1)c1ccc(Br)c(Cl)c1. The number of aromatic nitrogens is 1. The summed E-state index contributed by atoms with van der Waals surface area (Å²) in [6.45, 7) is 0. The predicted molar refractivity (Wildman–Crippen MR) is 72.1 cm³/mol. The molecule has 0 spiro atoms. The van der Waals surface area contributed by atoms with Gasteiger partial charge >= 0.3 is 0 Å². The predicted octanol–water partition coefficient (Wildman–Crippen LogP) is 3.77. The Morgan fingerprint density at radius 1 is 1.29 bits per heavy atom. The van der Waals surface area contributed by atoms with Gasteiger partial charge in [0.1, 0.15) is 0 Å². The second-order valence-electron chi connectivity index (χ2n) is 3.71. The highest BCUT2D eigenvalue weighted by atomic mass is 79.9. The first-order chi connectivity index (χ1) is 8.16. The summed E-state index contributed by atoms with van der Waals surface area (Å²) in [6.07, 6.45) is 1.62. The Balaban J connectivity index is 2.14. The van der Waals surface area contributed by atoms with Crippen LogP contribution in [0.5, 0.6) is 0 Å². The van der Waals surface area contributed by atoms with Gasteiger partial charge in [-0.15, -0.1) is 0 Å². The van der Waals surface area contributed by atoms with E-state index in [1.54, 1.807) is 12.3 Å². The third-order valence-electron chi connectivity index (χ3n) is 2.46. The average Bonchev–Trinajstić information content (AvgIpc) is 2.34. The molecule has 2 aromatic rings. The first-order valence-electron chi connectivity index (χ1n) is 5.20. The minimum Gasteiger partial charge on any atom is -0.388 e. The van der Waals surface area contributed by atoms with Crippen LogP contribution in [0.25, 0.3) is 0 Å². The van der Waals surface area contributed by atoms with Crippen molar-refractivity contribution in [3.05, 3.63) is 63.3 Å². The number of halogens is 2. The molecule has 0 amide bonds. The minimum absolute atomic E-state index is 0.485. The molecule has 0 aliphatic carbocycles. The van der Waals surface area contributed by atoms with Crippen LogP contribution in [0.1, 0.15) is 17.4 Å². The van der Waals surface area contributed by atoms with E-state index in [9.17, 15) is 5.11 Å². The van der Waals surface area contributed by atoms with Crippen LogP contribution in [0.3, 0.4) is 0 Å². The molecule has 1 N–H and O–H groups in total. The third kappa shape index (κ3) is 3.28. The number of nitrogens with zero attached hydrogens (tertiary/aromatic N) is 1. The molecule has 0 saturated carbocycles. The van der Waals surface area contributed by atoms with Crippen LogP contribution in [0.2, 0.25) is 5.02 Å². The number of pyridine rings is 1. The van der Waals surface area contributed by atoms with Crippen molar-refractivity contribution in [1.82, 2.24) is 4.98 Å². The minimum atomic E-state index is -0.588. The highest BCUT2D eigenvalue weighted by Gasteiger charge is 2.10. The maximum absolute atomic E-state index is 10.1. The van der Waals surface area contributed by atoms with Gasteiger partial charge in [-0.05, 0) is 45.8 Å². The van der Waals surface area contributed by atoms with Gasteiger partial charge in [-0.1, -0.05) is 23.7 Å². The van der Waals surface area contributed by atoms with Gasteiger partial charge in [0.2, 0.25) is 0 Å². The fourth-order valence-electron chi connectivity index (χ4n) is 1.55. The number of benzene rings is 1. The van der Waals surface area contributed by atoms with Crippen LogP contribution < -0.4 is 0 Å². The van der Waals surface area contributed by atoms with Crippen molar-refractivity contribution in [3.8, 4) is 0 Å². The zero-order chi connectivity index (χ0) is 12.3. The van der Waals surface area contributed by atoms with Crippen molar-refractivity contribution >= 4 is 27.5 Å². The lowest BCUT2D eigenvalue weighted by Crippen LogP contribution is -2.03. The molecule has 2 nitrogen and oxygen atoms in total. The van der Waals surface area contributed by atoms with Crippen LogP contribution in [-0.2, 0) is 6.42 Å². The molecular formula is C13H11BrClNO. The topological polar surface area (TPSA) is 33.1 Å². The molecular weight excluding hydrogens is 302 g/mol. The molecule has 0 bridgehead atoms. The Kier molecular flexibility index (Phi) is 4.15. The largest absolute Gasteiger partial charge is 0.388 e. The fraction of sp³-hybridized carbons (Fsp3) is 0.154. The van der Waals surface area contributed by atoms with E-state index in [0.29, 0.717) is 11.4 Å². The fourth-order valence-corrected chi connectivity index (χ4v) is 1.99. The van der Waals surface area contributed by atoms with Crippen LogP contribution in [0.15, 0.2) is 47.1 Å². The maximum atomic E-state index is 10.1. The summed E-state index contributed by atoms with van der Waals surface area (Å²) in [6, 6.07) is 11.1. The van der Waals surface area contributed by atoms with E-state index in [2.05, 4.69) is 20.9 Å². The second-order valence-corrected chi connectivity index (χ2v) is 4.98. The van der Waals surface area contributed by atoms with E-state index in [1.807, 2.05) is 30.3 Å². The number of hydrogen-bond acceptors (Lipinski definition) is 2. The maximum Gasteiger partial charge on any atom is 0.0846 e. The molecule has 0 saturated heterocycles. The standard InChI is InChI=1S/C13H11BrClNO/c14-11-5-4-9(7-12(11)15)13(17)8-10-3-1-2-6-16-10/h1-7,13,17H,8H2. The molecule has 1 aromatic carbocycles. The van der Waals surface area contributed by atoms with Crippen LogP contribution in [0.4, 0.5) is 0 Å². The van der Waals surface area contributed by atoms with E-state index in [4.69, 9.17) is 11.6 Å². The van der Waals surface area contributed by atoms with Gasteiger partial charge in [-0.3, -0.25) is 4.98 Å². The summed E-state index contributed by atoms with van der Waals surface area (Å²) in [4.78, 5) is 4.18. The molecule has 17 heavy (non-hydrogen) atoms. The first kappa shape index (κ1) is 12.6. The zero-order valence-corrected chi connectivity index (χ0v) is 11.3. The van der Waals surface area contributed by atoms with E-state index >= 15 is 0 Å². The molecule has 0 aliphatic rings. The molecule has 2 rings (SSSR count). The lowest BCUT2D eigenvalue weighted by atomic mass is 10.0. The number of rotatable bonds is 3. The molecule has 1 unspecified atom stereocenters. The summed E-state index contributed by atoms with van der Waals surface area (Å²) in [7, 11) is 0. The Hall–Kier alpha value is -0.900. The summed E-state index contributed by atoms with van der Waals surface area (Å²) >= 11 is 9.31. The smallest absolute Gasteiger partial charge is 0.0846 e. The molecule has 4 heteroatoms. The van der Waals surface area contributed by atoms with Crippen molar-refractivity contribution < 1.29 is 5.11 Å². The van der Waals surface area contributed by atoms with Crippen LogP contribution >= 0.6 is 27.5 Å². The van der Waals surface area contributed by atoms with E-state index in [-0.39, 0.29) is 0 Å². The van der Waals surface area contributed by atoms with Crippen molar-refractivity contribution in [2.75, 3.05) is 0 Å². The van der Waals surface area contributed by atoms with Crippen LogP contribution in [-0.4, -0.2) is 10.1 Å². The van der Waals surface area contributed by atoms with Gasteiger partial charge in [-0.25, -0.2) is 0 Å². The highest BCUT2D eigenvalue weighted by molar-refractivity contribution is 9.10. The molecule has 88 valence electrons. The summed E-state index contributed by atoms with van der Waals surface area (Å²) in [5.41, 5.74) is 1.66. The van der Waals surface area contributed by atoms with Gasteiger partial charge in [0.15, 0.2) is 0 Å². The van der Waals surface area contributed by atoms with E-state index in [1.165, 1.54) is 0 Å². The summed E-state index contributed by atoms with van der Waals surface area (Å²) in [5.74, 6) is 0. The molecule has 1 aromatic heterocycles. The lowest BCUT2D eigenvalue weighted by molar-refractivity contribution is 0.177. The monoisotopic (exact) mass is 311 g/mol. The van der Waals surface area contributed by atoms with Gasteiger partial charge in [0.05, 0.1) is 11.1 Å². The quantitative estimate of drug-likeness (QED) is 0.936. The van der Waals surface area contributed by atoms with E-state index in [0.717, 1.165) is 15.7 Å². The number of aliphatic hydroxyl groups excluding tert-OH is 1. The van der Waals surface area contributed by atoms with Crippen LogP contribution in [0, 0.1) is 0 Å². The Bertz CT molecular complexity index is 504. The third-order valence-corrected chi connectivity index (χ3v) is 3.69. The Morgan fingerprint density at radius 2 is 2.12 bits per heavy atom. The van der Waals surface area contributed by atoms with Crippen molar-refractivity contribution in [2.45, 2.75) is 12.5 Å². The molecule has 1 atom stereocenters. The molecule has 1 heterocycles. The zero-order valence-electron chi connectivity index (χ0n) is 8.98. The Morgan fingerprint density at radius 3 is 2.76 bits per heavy atom. The number of hydrogen-bond donors (Lipinski definition) is 1. The van der Waals surface area contributed by atoms with Gasteiger partial charge in [-0.2, -0.15) is 0 Å². The first-order valence-corrected chi connectivity index (χ1v) is 6.37. The van der Waals surface area contributed by atoms with Gasteiger partial charge in [0.25, 0.3) is 0 Å². The lowest BCUT2D eigenvalue weighted by Gasteiger charge is -2.11. The molecule has 0 radical (unpaired) electrons. The van der Waals surface area contributed by atoms with Gasteiger partial charge in [0, 0.05) is 22.8 Å². The molecule has 0 aliphatic heterocycles. The van der Waals surface area contributed by atoms with Gasteiger partial charge < -0.3 is 5.11 Å². The molecule has 0 fully saturated rings. The van der Waals surface area contributed by atoms with Crippen molar-refractivity contribution in [3.63, 3.8) is 0 Å². The highest BCUT2D eigenvalue weighted by Crippen LogP contribution is 2.27. The van der Waals surface area contributed by atoms with Crippen molar-refractivity contribution in [1.29, 1.82) is 0 Å². The second kappa shape index (κ2) is 5.63.